The fourth-order valence-electron chi connectivity index (χ4n) is 5.93. The third-order valence-corrected chi connectivity index (χ3v) is 9.27. The van der Waals surface area contributed by atoms with Gasteiger partial charge in [0, 0.05) is 43.3 Å². The number of nitrogens with zero attached hydrogens (tertiary/aromatic N) is 2. The first-order valence-electron chi connectivity index (χ1n) is 14.4. The van der Waals surface area contributed by atoms with E-state index in [0.717, 1.165) is 82.0 Å². The number of morpholine rings is 1. The Hall–Kier alpha value is -1.84. The Kier molecular flexibility index (Phi) is 11.1. The molecule has 0 radical (unpaired) electrons. The van der Waals surface area contributed by atoms with Gasteiger partial charge >= 0.3 is 0 Å². The molecule has 1 amide bonds. The van der Waals surface area contributed by atoms with Gasteiger partial charge in [0.15, 0.2) is 0 Å². The number of hydrogen-bond acceptors (Lipinski definition) is 6. The highest BCUT2D eigenvalue weighted by atomic mass is 32.2. The minimum atomic E-state index is -0.312. The summed E-state index contributed by atoms with van der Waals surface area (Å²) in [7, 11) is 0. The van der Waals surface area contributed by atoms with E-state index >= 15 is 0 Å². The Morgan fingerprint density at radius 3 is 2.66 bits per heavy atom. The molecule has 0 spiro atoms. The molecule has 3 aliphatic rings. The zero-order valence-corrected chi connectivity index (χ0v) is 24.0. The Bertz CT molecular complexity index is 1000. The lowest BCUT2D eigenvalue weighted by Crippen LogP contribution is -2.37. The number of nitrogens with two attached hydrogens (primary N) is 1. The minimum absolute atomic E-state index is 0.0374. The van der Waals surface area contributed by atoms with Crippen LogP contribution in [0.25, 0.3) is 5.57 Å². The molecule has 7 nitrogen and oxygen atoms in total. The molecule has 0 saturated carbocycles. The molecule has 3 heterocycles. The molecule has 2 fully saturated rings. The van der Waals surface area contributed by atoms with E-state index in [-0.39, 0.29) is 24.3 Å². The molecule has 2 atom stereocenters. The van der Waals surface area contributed by atoms with Gasteiger partial charge in [-0.05, 0) is 85.4 Å². The number of H-pyrrole nitrogens is 1. The number of aliphatic hydroxyl groups excluding tert-OH is 1. The molecular weight excluding hydrogens is 496 g/mol. The quantitative estimate of drug-likeness (QED) is 0.284. The summed E-state index contributed by atoms with van der Waals surface area (Å²) in [6.07, 6.45) is 11.9. The van der Waals surface area contributed by atoms with Crippen LogP contribution in [0.2, 0.25) is 0 Å². The van der Waals surface area contributed by atoms with Crippen molar-refractivity contribution in [1.82, 2.24) is 14.2 Å². The van der Waals surface area contributed by atoms with Crippen molar-refractivity contribution < 1.29 is 14.6 Å². The molecule has 2 saturated heterocycles. The van der Waals surface area contributed by atoms with Crippen LogP contribution in [0.15, 0.2) is 41.5 Å². The van der Waals surface area contributed by atoms with Crippen LogP contribution in [0.1, 0.15) is 57.3 Å². The molecule has 1 aliphatic carbocycles. The van der Waals surface area contributed by atoms with Gasteiger partial charge in [-0.3, -0.25) is 14.0 Å². The summed E-state index contributed by atoms with van der Waals surface area (Å²) >= 11 is 2.01. The number of primary amides is 1. The van der Waals surface area contributed by atoms with Gasteiger partial charge in [-0.25, -0.2) is 0 Å². The molecule has 210 valence electrons. The van der Waals surface area contributed by atoms with Crippen LogP contribution in [0.4, 0.5) is 0 Å². The van der Waals surface area contributed by atoms with Crippen LogP contribution in [0, 0.1) is 17.8 Å². The number of hydrogen-bond donors (Lipinski definition) is 3. The molecule has 0 bridgehead atoms. The topological polar surface area (TPSA) is 94.8 Å². The molecule has 8 heteroatoms. The van der Waals surface area contributed by atoms with E-state index in [1.165, 1.54) is 29.9 Å². The largest absolute Gasteiger partial charge is 0.390 e. The number of ether oxygens (including phenoxy) is 1. The number of carbonyl (C=O) groups is 1. The smallest absolute Gasteiger partial charge is 0.224 e. The molecule has 2 aliphatic heterocycles. The van der Waals surface area contributed by atoms with Gasteiger partial charge in [-0.15, -0.1) is 0 Å². The normalized spacial score (nSPS) is 24.7. The maximum atomic E-state index is 12.3. The number of aliphatic hydroxyl groups is 1. The van der Waals surface area contributed by atoms with Crippen molar-refractivity contribution in [3.8, 4) is 0 Å². The number of piperidine rings is 1. The van der Waals surface area contributed by atoms with E-state index in [1.807, 2.05) is 30.2 Å². The molecule has 0 aromatic carbocycles. The number of aromatic nitrogens is 1. The highest BCUT2D eigenvalue weighted by Gasteiger charge is 2.30. The first kappa shape index (κ1) is 29.2. The van der Waals surface area contributed by atoms with E-state index in [1.54, 1.807) is 0 Å². The maximum Gasteiger partial charge on any atom is 0.224 e. The lowest BCUT2D eigenvalue weighted by molar-refractivity contribution is -0.120. The van der Waals surface area contributed by atoms with Crippen molar-refractivity contribution >= 4 is 23.4 Å². The van der Waals surface area contributed by atoms with Crippen molar-refractivity contribution in [1.29, 1.82) is 0 Å². The Morgan fingerprint density at radius 2 is 2.00 bits per heavy atom. The number of rotatable bonds is 11. The number of carbonyl (C=O) groups excluding carboxylic acids is 1. The number of nitrogens with one attached hydrogen (secondary N) is 1. The maximum absolute atomic E-state index is 12.3. The van der Waals surface area contributed by atoms with E-state index in [2.05, 4.69) is 40.2 Å². The number of aromatic amines is 1. The van der Waals surface area contributed by atoms with Gasteiger partial charge in [-0.1, -0.05) is 37.9 Å². The molecule has 38 heavy (non-hydrogen) atoms. The van der Waals surface area contributed by atoms with E-state index < -0.39 is 0 Å². The SMILES string of the molecule is CC/C=C(\C1=CC(c2ccc(CO)[nH]2)=CC(C(N)=O)CC1C)C1CCN(SCCCN2CCOCC2)CC1. The lowest BCUT2D eigenvalue weighted by Gasteiger charge is -2.34. The van der Waals surface area contributed by atoms with E-state index in [9.17, 15) is 9.90 Å². The van der Waals surface area contributed by atoms with Gasteiger partial charge in [0.2, 0.25) is 5.91 Å². The highest BCUT2D eigenvalue weighted by molar-refractivity contribution is 7.97. The first-order chi connectivity index (χ1) is 18.5. The Labute approximate surface area is 232 Å². The highest BCUT2D eigenvalue weighted by Crippen LogP contribution is 2.40. The fraction of sp³-hybridized carbons (Fsp3) is 0.633. The molecule has 1 aromatic heterocycles. The zero-order valence-electron chi connectivity index (χ0n) is 23.2. The number of allylic oxidation sites excluding steroid dienone is 5. The van der Waals surface area contributed by atoms with Gasteiger partial charge in [-0.2, -0.15) is 0 Å². The Morgan fingerprint density at radius 1 is 1.24 bits per heavy atom. The van der Waals surface area contributed by atoms with Crippen molar-refractivity contribution in [3.05, 3.63) is 52.9 Å². The second kappa shape index (κ2) is 14.5. The van der Waals surface area contributed by atoms with Gasteiger partial charge in [0.05, 0.1) is 25.7 Å². The molecular formula is C30H46N4O3S. The number of amides is 1. The summed E-state index contributed by atoms with van der Waals surface area (Å²) in [4.78, 5) is 18.1. The van der Waals surface area contributed by atoms with Crippen LogP contribution in [0.3, 0.4) is 0 Å². The van der Waals surface area contributed by atoms with Gasteiger partial charge in [0.25, 0.3) is 0 Å². The summed E-state index contributed by atoms with van der Waals surface area (Å²) in [6, 6.07) is 3.88. The predicted octanol–water partition coefficient (Wildman–Crippen LogP) is 4.38. The van der Waals surface area contributed by atoms with Crippen molar-refractivity contribution in [2.24, 2.45) is 23.5 Å². The van der Waals surface area contributed by atoms with Crippen LogP contribution < -0.4 is 5.73 Å². The van der Waals surface area contributed by atoms with E-state index in [4.69, 9.17) is 10.5 Å². The summed E-state index contributed by atoms with van der Waals surface area (Å²) in [5, 5.41) is 9.56. The minimum Gasteiger partial charge on any atom is -0.390 e. The molecule has 4 rings (SSSR count). The molecule has 4 N–H and O–H groups in total. The summed E-state index contributed by atoms with van der Waals surface area (Å²) in [6.45, 7) is 11.7. The third-order valence-electron chi connectivity index (χ3n) is 8.07. The van der Waals surface area contributed by atoms with Crippen LogP contribution >= 0.6 is 11.9 Å². The fourth-order valence-corrected chi connectivity index (χ4v) is 6.91. The second-order valence-corrected chi connectivity index (χ2v) is 12.0. The van der Waals surface area contributed by atoms with E-state index in [0.29, 0.717) is 5.92 Å². The monoisotopic (exact) mass is 542 g/mol. The standard InChI is InChI=1S/C30H46N4O3S/c1-3-5-27(23-8-11-34(12-9-23)38-17-4-10-33-13-15-37-16-14-33)28-20-24(29-7-6-26(21-35)32-29)19-25(30(31)36)18-22(28)2/h5-7,19-20,22-23,25,32,35H,3-4,8-18,21H2,1-2H3,(H2,31,36)/b27-5-. The van der Waals surface area contributed by atoms with Crippen LogP contribution in [-0.4, -0.2) is 76.9 Å². The molecule has 2 unspecified atom stereocenters. The molecule has 1 aromatic rings. The zero-order chi connectivity index (χ0) is 26.9. The summed E-state index contributed by atoms with van der Waals surface area (Å²) in [5.41, 5.74) is 11.3. The van der Waals surface area contributed by atoms with Crippen LogP contribution in [-0.2, 0) is 16.1 Å². The lowest BCUT2D eigenvalue weighted by atomic mass is 9.78. The average molecular weight is 543 g/mol. The summed E-state index contributed by atoms with van der Waals surface area (Å²) in [5.74, 6) is 1.35. The predicted molar refractivity (Wildman–Crippen MR) is 156 cm³/mol. The van der Waals surface area contributed by atoms with Crippen LogP contribution in [0.5, 0.6) is 0 Å². The second-order valence-electron chi connectivity index (χ2n) is 10.8. The Balaban J connectivity index is 1.41. The third kappa shape index (κ3) is 7.85. The van der Waals surface area contributed by atoms with Crippen molar-refractivity contribution in [2.45, 2.75) is 52.6 Å². The van der Waals surface area contributed by atoms with Gasteiger partial charge in [0.1, 0.15) is 0 Å². The first-order valence-corrected chi connectivity index (χ1v) is 15.3. The van der Waals surface area contributed by atoms with Crippen molar-refractivity contribution in [3.63, 3.8) is 0 Å². The average Bonchev–Trinajstić information content (AvgIpc) is 3.35. The van der Waals surface area contributed by atoms with Gasteiger partial charge < -0.3 is 20.6 Å². The van der Waals surface area contributed by atoms with Crippen molar-refractivity contribution in [2.75, 3.05) is 51.7 Å². The summed E-state index contributed by atoms with van der Waals surface area (Å²) < 4.78 is 8.02.